The van der Waals surface area contributed by atoms with Gasteiger partial charge in [-0.15, -0.1) is 11.3 Å². The van der Waals surface area contributed by atoms with Crippen molar-refractivity contribution >= 4 is 28.3 Å². The molecule has 1 aromatic heterocycles. The number of carbonyl (C=O) groups is 2. The fourth-order valence-corrected chi connectivity index (χ4v) is 2.69. The first-order valence-electron chi connectivity index (χ1n) is 7.55. The van der Waals surface area contributed by atoms with Crippen molar-refractivity contribution in [1.82, 2.24) is 10.3 Å². The van der Waals surface area contributed by atoms with Crippen molar-refractivity contribution in [2.45, 2.75) is 26.2 Å². The SMILES string of the molecule is CC(C)(C)c1csc(NC(=O)CNC(=O)COc2ccccc2)n1. The predicted octanol–water partition coefficient (Wildman–Crippen LogP) is 2.57. The molecule has 2 rings (SSSR count). The van der Waals surface area contributed by atoms with E-state index in [2.05, 4.69) is 36.4 Å². The zero-order valence-corrected chi connectivity index (χ0v) is 14.8. The Balaban J connectivity index is 1.72. The molecule has 1 aromatic carbocycles. The lowest BCUT2D eigenvalue weighted by Gasteiger charge is -2.14. The van der Waals surface area contributed by atoms with Gasteiger partial charge in [0.25, 0.3) is 5.91 Å². The van der Waals surface area contributed by atoms with Crippen molar-refractivity contribution in [3.63, 3.8) is 0 Å². The van der Waals surface area contributed by atoms with Crippen LogP contribution in [0.1, 0.15) is 26.5 Å². The largest absolute Gasteiger partial charge is 0.484 e. The number of rotatable bonds is 6. The first-order valence-corrected chi connectivity index (χ1v) is 8.43. The Hall–Kier alpha value is -2.41. The molecule has 0 spiro atoms. The molecule has 2 aromatic rings. The Labute approximate surface area is 145 Å². The summed E-state index contributed by atoms with van der Waals surface area (Å²) in [5, 5.41) is 7.63. The maximum Gasteiger partial charge on any atom is 0.258 e. The minimum atomic E-state index is -0.358. The Morgan fingerprint density at radius 3 is 2.50 bits per heavy atom. The standard InChI is InChI=1S/C17H21N3O3S/c1-17(2,3)13-11-24-16(19-13)20-14(21)9-18-15(22)10-23-12-7-5-4-6-8-12/h4-8,11H,9-10H2,1-3H3,(H,18,22)(H,19,20,21). The molecule has 0 unspecified atom stereocenters. The highest BCUT2D eigenvalue weighted by Crippen LogP contribution is 2.26. The third-order valence-corrected chi connectivity index (χ3v) is 3.84. The molecule has 0 aliphatic rings. The van der Waals surface area contributed by atoms with Crippen LogP contribution in [0.2, 0.25) is 0 Å². The molecule has 7 heteroatoms. The van der Waals surface area contributed by atoms with Crippen LogP contribution in [0.5, 0.6) is 5.75 Å². The van der Waals surface area contributed by atoms with E-state index in [-0.39, 0.29) is 30.4 Å². The summed E-state index contributed by atoms with van der Waals surface area (Å²) < 4.78 is 5.31. The van der Waals surface area contributed by atoms with E-state index in [1.165, 1.54) is 11.3 Å². The lowest BCUT2D eigenvalue weighted by atomic mass is 9.93. The van der Waals surface area contributed by atoms with E-state index in [1.807, 2.05) is 23.6 Å². The van der Waals surface area contributed by atoms with E-state index >= 15 is 0 Å². The van der Waals surface area contributed by atoms with Crippen molar-refractivity contribution < 1.29 is 14.3 Å². The Morgan fingerprint density at radius 2 is 1.88 bits per heavy atom. The van der Waals surface area contributed by atoms with Gasteiger partial charge in [0, 0.05) is 10.8 Å². The van der Waals surface area contributed by atoms with Crippen molar-refractivity contribution in [2.24, 2.45) is 0 Å². The van der Waals surface area contributed by atoms with Gasteiger partial charge in [0.15, 0.2) is 11.7 Å². The molecule has 0 fully saturated rings. The summed E-state index contributed by atoms with van der Waals surface area (Å²) in [5.41, 5.74) is 0.853. The van der Waals surface area contributed by atoms with E-state index in [9.17, 15) is 9.59 Å². The number of anilines is 1. The summed E-state index contributed by atoms with van der Waals surface area (Å²) in [4.78, 5) is 27.9. The molecule has 0 saturated carbocycles. The van der Waals surface area contributed by atoms with Gasteiger partial charge < -0.3 is 15.4 Å². The molecule has 0 bridgehead atoms. The number of ether oxygens (including phenoxy) is 1. The number of hydrogen-bond donors (Lipinski definition) is 2. The summed E-state index contributed by atoms with van der Waals surface area (Å²) in [6.45, 7) is 5.91. The first kappa shape index (κ1) is 17.9. The van der Waals surface area contributed by atoms with Gasteiger partial charge in [0.2, 0.25) is 5.91 Å². The third kappa shape index (κ3) is 5.66. The van der Waals surface area contributed by atoms with Crippen LogP contribution < -0.4 is 15.4 Å². The predicted molar refractivity (Wildman–Crippen MR) is 94.4 cm³/mol. The monoisotopic (exact) mass is 347 g/mol. The van der Waals surface area contributed by atoms with Crippen LogP contribution in [0.4, 0.5) is 5.13 Å². The molecule has 6 nitrogen and oxygen atoms in total. The summed E-state index contributed by atoms with van der Waals surface area (Å²) in [5.74, 6) is -0.0732. The van der Waals surface area contributed by atoms with Crippen molar-refractivity contribution in [1.29, 1.82) is 0 Å². The fourth-order valence-electron chi connectivity index (χ4n) is 1.73. The number of aromatic nitrogens is 1. The topological polar surface area (TPSA) is 80.3 Å². The summed E-state index contributed by atoms with van der Waals surface area (Å²) in [7, 11) is 0. The lowest BCUT2D eigenvalue weighted by molar-refractivity contribution is -0.125. The second-order valence-corrected chi connectivity index (χ2v) is 7.07. The van der Waals surface area contributed by atoms with Gasteiger partial charge in [-0.05, 0) is 12.1 Å². The van der Waals surface area contributed by atoms with Gasteiger partial charge in [-0.2, -0.15) is 0 Å². The molecule has 0 atom stereocenters. The molecule has 128 valence electrons. The van der Waals surface area contributed by atoms with Crippen molar-refractivity contribution in [2.75, 3.05) is 18.5 Å². The maximum absolute atomic E-state index is 11.9. The van der Waals surface area contributed by atoms with Crippen LogP contribution in [-0.4, -0.2) is 29.9 Å². The lowest BCUT2D eigenvalue weighted by Crippen LogP contribution is -2.35. The van der Waals surface area contributed by atoms with Crippen LogP contribution in [0.3, 0.4) is 0 Å². The van der Waals surface area contributed by atoms with E-state index in [4.69, 9.17) is 4.74 Å². The quantitative estimate of drug-likeness (QED) is 0.842. The van der Waals surface area contributed by atoms with Crippen LogP contribution in [-0.2, 0) is 15.0 Å². The van der Waals surface area contributed by atoms with E-state index in [0.717, 1.165) is 5.69 Å². The second-order valence-electron chi connectivity index (χ2n) is 6.21. The summed E-state index contributed by atoms with van der Waals surface area (Å²) in [6.07, 6.45) is 0. The van der Waals surface area contributed by atoms with E-state index in [1.54, 1.807) is 12.1 Å². The number of nitrogens with zero attached hydrogens (tertiary/aromatic N) is 1. The van der Waals surface area contributed by atoms with E-state index in [0.29, 0.717) is 10.9 Å². The highest BCUT2D eigenvalue weighted by molar-refractivity contribution is 7.13. The highest BCUT2D eigenvalue weighted by atomic mass is 32.1. The van der Waals surface area contributed by atoms with Gasteiger partial charge in [0.05, 0.1) is 12.2 Å². The van der Waals surface area contributed by atoms with Crippen LogP contribution >= 0.6 is 11.3 Å². The summed E-state index contributed by atoms with van der Waals surface area (Å²) in [6, 6.07) is 9.02. The van der Waals surface area contributed by atoms with Crippen molar-refractivity contribution in [3.05, 3.63) is 41.4 Å². The molecular formula is C17H21N3O3S. The van der Waals surface area contributed by atoms with Gasteiger partial charge in [0.1, 0.15) is 5.75 Å². The third-order valence-electron chi connectivity index (χ3n) is 3.08. The zero-order chi connectivity index (χ0) is 17.6. The molecule has 1 heterocycles. The number of carbonyl (C=O) groups excluding carboxylic acids is 2. The zero-order valence-electron chi connectivity index (χ0n) is 14.0. The normalized spacial score (nSPS) is 11.0. The van der Waals surface area contributed by atoms with E-state index < -0.39 is 0 Å². The second kappa shape index (κ2) is 7.92. The smallest absolute Gasteiger partial charge is 0.258 e. The molecular weight excluding hydrogens is 326 g/mol. The van der Waals surface area contributed by atoms with Gasteiger partial charge in [-0.1, -0.05) is 39.0 Å². The summed E-state index contributed by atoms with van der Waals surface area (Å²) >= 11 is 1.37. The average Bonchev–Trinajstić information content (AvgIpc) is 3.00. The van der Waals surface area contributed by atoms with Crippen LogP contribution in [0.25, 0.3) is 0 Å². The molecule has 0 saturated heterocycles. The first-order chi connectivity index (χ1) is 11.3. The Bertz CT molecular complexity index is 693. The highest BCUT2D eigenvalue weighted by Gasteiger charge is 2.18. The van der Waals surface area contributed by atoms with Crippen LogP contribution in [0, 0.1) is 0 Å². The average molecular weight is 347 g/mol. The number of nitrogens with one attached hydrogen (secondary N) is 2. The van der Waals surface area contributed by atoms with Gasteiger partial charge in [-0.3, -0.25) is 9.59 Å². The number of para-hydroxylation sites is 1. The Kier molecular flexibility index (Phi) is 5.92. The van der Waals surface area contributed by atoms with Gasteiger partial charge in [-0.25, -0.2) is 4.98 Å². The number of benzene rings is 1. The van der Waals surface area contributed by atoms with Gasteiger partial charge >= 0.3 is 0 Å². The molecule has 24 heavy (non-hydrogen) atoms. The number of amides is 2. The fraction of sp³-hybridized carbons (Fsp3) is 0.353. The molecule has 2 N–H and O–H groups in total. The molecule has 0 aliphatic heterocycles. The Morgan fingerprint density at radius 1 is 1.17 bits per heavy atom. The molecule has 2 amide bonds. The number of thiazole rings is 1. The molecule has 0 aliphatic carbocycles. The minimum absolute atomic E-state index is 0.0670. The van der Waals surface area contributed by atoms with Crippen molar-refractivity contribution in [3.8, 4) is 5.75 Å². The minimum Gasteiger partial charge on any atom is -0.484 e. The molecule has 0 radical (unpaired) electrons. The maximum atomic E-state index is 11.9. The van der Waals surface area contributed by atoms with Crippen LogP contribution in [0.15, 0.2) is 35.7 Å². The number of hydrogen-bond acceptors (Lipinski definition) is 5.